The Kier molecular flexibility index (Phi) is 4.94. The number of nitrogens with zero attached hydrogens (tertiary/aromatic N) is 2. The van der Waals surface area contributed by atoms with Crippen LogP contribution in [0, 0.1) is 0 Å². The van der Waals surface area contributed by atoms with Crippen LogP contribution in [0.1, 0.15) is 11.1 Å². The average Bonchev–Trinajstić information content (AvgIpc) is 2.64. The minimum Gasteiger partial charge on any atom is -0.297 e. The Hall–Kier alpha value is -3.47. The first-order valence-electron chi connectivity index (χ1n) is 7.40. The molecule has 3 aromatic rings. The summed E-state index contributed by atoms with van der Waals surface area (Å²) < 4.78 is 0. The second-order valence-electron chi connectivity index (χ2n) is 4.92. The highest BCUT2D eigenvalue weighted by atomic mass is 16.7. The molecule has 0 aliphatic carbocycles. The molecule has 0 fully saturated rings. The smallest absolute Gasteiger partial charge is 0.297 e. The number of rotatable bonds is 4. The Morgan fingerprint density at radius 2 is 1.54 bits per heavy atom. The minimum absolute atomic E-state index is 0.534. The summed E-state index contributed by atoms with van der Waals surface area (Å²) in [5.41, 5.74) is 2.77. The number of nitrogens with one attached hydrogen (secondary N) is 1. The number of anilines is 1. The van der Waals surface area contributed by atoms with Crippen LogP contribution in [-0.4, -0.2) is 16.8 Å². The molecule has 5 heteroatoms. The molecule has 3 rings (SSSR count). The molecule has 1 amide bonds. The van der Waals surface area contributed by atoms with E-state index in [0.29, 0.717) is 11.4 Å². The van der Waals surface area contributed by atoms with Crippen LogP contribution in [0.25, 0.3) is 0 Å². The molecule has 1 N–H and O–H groups in total. The number of para-hydroxylation sites is 1. The molecule has 1 aromatic heterocycles. The van der Waals surface area contributed by atoms with Crippen molar-refractivity contribution in [2.75, 3.05) is 5.32 Å². The number of carbonyl (C=O) groups is 1. The highest BCUT2D eigenvalue weighted by Gasteiger charge is 2.10. The van der Waals surface area contributed by atoms with Gasteiger partial charge in [-0.2, -0.15) is 0 Å². The number of pyridine rings is 1. The third kappa shape index (κ3) is 4.04. The van der Waals surface area contributed by atoms with Gasteiger partial charge in [0.1, 0.15) is 5.71 Å². The number of hydrogen-bond acceptors (Lipinski definition) is 4. The van der Waals surface area contributed by atoms with Crippen molar-refractivity contribution in [3.63, 3.8) is 0 Å². The maximum atomic E-state index is 11.9. The molecule has 1 heterocycles. The van der Waals surface area contributed by atoms with Crippen LogP contribution in [0.4, 0.5) is 10.5 Å². The Morgan fingerprint density at radius 1 is 0.875 bits per heavy atom. The Labute approximate surface area is 139 Å². The van der Waals surface area contributed by atoms with E-state index in [-0.39, 0.29) is 0 Å². The number of benzene rings is 2. The van der Waals surface area contributed by atoms with Crippen molar-refractivity contribution in [3.8, 4) is 0 Å². The lowest BCUT2D eigenvalue weighted by molar-refractivity contribution is 0.166. The van der Waals surface area contributed by atoms with Crippen molar-refractivity contribution in [1.82, 2.24) is 4.98 Å². The van der Waals surface area contributed by atoms with Crippen molar-refractivity contribution in [3.05, 3.63) is 96.3 Å². The number of hydrogen-bond donors (Lipinski definition) is 1. The standard InChI is InChI=1S/C19H15N3O2/c23-19(21-17-11-5-2-6-12-17)24-22-18(15-8-3-1-4-9-15)16-10-7-13-20-14-16/h1-14H,(H,21,23). The molecule has 0 radical (unpaired) electrons. The molecule has 24 heavy (non-hydrogen) atoms. The normalized spacial score (nSPS) is 10.9. The molecular formula is C19H15N3O2. The summed E-state index contributed by atoms with van der Waals surface area (Å²) in [6, 6.07) is 22.2. The highest BCUT2D eigenvalue weighted by molar-refractivity contribution is 6.12. The lowest BCUT2D eigenvalue weighted by Crippen LogP contribution is -2.13. The summed E-state index contributed by atoms with van der Waals surface area (Å²) in [7, 11) is 0. The number of aromatic nitrogens is 1. The van der Waals surface area contributed by atoms with Crippen LogP contribution in [-0.2, 0) is 4.84 Å². The summed E-state index contributed by atoms with van der Waals surface area (Å²) in [5.74, 6) is 0. The molecule has 0 aliphatic heterocycles. The number of oxime groups is 1. The third-order valence-corrected chi connectivity index (χ3v) is 3.22. The Bertz CT molecular complexity index is 778. The Balaban J connectivity index is 1.81. The van der Waals surface area contributed by atoms with E-state index in [4.69, 9.17) is 4.84 Å². The minimum atomic E-state index is -0.654. The van der Waals surface area contributed by atoms with Gasteiger partial charge in [0.25, 0.3) is 0 Å². The van der Waals surface area contributed by atoms with E-state index in [9.17, 15) is 4.79 Å². The maximum Gasteiger partial charge on any atom is 0.437 e. The molecule has 0 unspecified atom stereocenters. The summed E-state index contributed by atoms with van der Waals surface area (Å²) in [4.78, 5) is 21.0. The first-order valence-corrected chi connectivity index (χ1v) is 7.40. The fourth-order valence-corrected chi connectivity index (χ4v) is 2.12. The topological polar surface area (TPSA) is 63.6 Å². The third-order valence-electron chi connectivity index (χ3n) is 3.22. The van der Waals surface area contributed by atoms with Crippen LogP contribution in [0.15, 0.2) is 90.3 Å². The second-order valence-corrected chi connectivity index (χ2v) is 4.92. The monoisotopic (exact) mass is 317 g/mol. The van der Waals surface area contributed by atoms with Crippen molar-refractivity contribution in [2.24, 2.45) is 5.16 Å². The van der Waals surface area contributed by atoms with E-state index < -0.39 is 6.09 Å². The van der Waals surface area contributed by atoms with Crippen molar-refractivity contribution >= 4 is 17.5 Å². The maximum absolute atomic E-state index is 11.9. The van der Waals surface area contributed by atoms with Gasteiger partial charge in [-0.15, -0.1) is 0 Å². The zero-order chi connectivity index (χ0) is 16.6. The molecule has 0 saturated carbocycles. The van der Waals surface area contributed by atoms with Gasteiger partial charge >= 0.3 is 6.09 Å². The average molecular weight is 317 g/mol. The summed E-state index contributed by atoms with van der Waals surface area (Å²) >= 11 is 0. The van der Waals surface area contributed by atoms with Gasteiger partial charge in [-0.3, -0.25) is 15.1 Å². The summed E-state index contributed by atoms with van der Waals surface area (Å²) in [5, 5.41) is 6.64. The molecule has 118 valence electrons. The molecule has 0 spiro atoms. The number of carbonyl (C=O) groups excluding carboxylic acids is 1. The molecule has 0 aliphatic rings. The number of amides is 1. The zero-order valence-corrected chi connectivity index (χ0v) is 12.8. The van der Waals surface area contributed by atoms with Crippen molar-refractivity contribution in [1.29, 1.82) is 0 Å². The summed E-state index contributed by atoms with van der Waals surface area (Å²) in [6.07, 6.45) is 2.69. The first-order chi connectivity index (χ1) is 11.8. The highest BCUT2D eigenvalue weighted by Crippen LogP contribution is 2.11. The lowest BCUT2D eigenvalue weighted by Gasteiger charge is -2.07. The summed E-state index contributed by atoms with van der Waals surface area (Å²) in [6.45, 7) is 0. The molecule has 2 aromatic carbocycles. The largest absolute Gasteiger partial charge is 0.437 e. The fraction of sp³-hybridized carbons (Fsp3) is 0. The van der Waals surface area contributed by atoms with Gasteiger partial charge < -0.3 is 0 Å². The second kappa shape index (κ2) is 7.69. The molecule has 0 bridgehead atoms. The van der Waals surface area contributed by atoms with E-state index in [1.165, 1.54) is 0 Å². The fourth-order valence-electron chi connectivity index (χ4n) is 2.12. The van der Waals surface area contributed by atoms with Crippen LogP contribution in [0.3, 0.4) is 0 Å². The molecule has 0 atom stereocenters. The van der Waals surface area contributed by atoms with E-state index in [0.717, 1.165) is 11.1 Å². The molecule has 5 nitrogen and oxygen atoms in total. The predicted molar refractivity (Wildman–Crippen MR) is 92.9 cm³/mol. The van der Waals surface area contributed by atoms with Gasteiger partial charge in [0, 0.05) is 29.2 Å². The van der Waals surface area contributed by atoms with Gasteiger partial charge in [-0.25, -0.2) is 4.79 Å². The van der Waals surface area contributed by atoms with Crippen LogP contribution in [0.5, 0.6) is 0 Å². The van der Waals surface area contributed by atoms with Crippen LogP contribution in [0.2, 0.25) is 0 Å². The van der Waals surface area contributed by atoms with E-state index in [1.54, 1.807) is 30.6 Å². The van der Waals surface area contributed by atoms with E-state index >= 15 is 0 Å². The van der Waals surface area contributed by atoms with E-state index in [1.807, 2.05) is 54.6 Å². The predicted octanol–water partition coefficient (Wildman–Crippen LogP) is 4.08. The Morgan fingerprint density at radius 3 is 2.21 bits per heavy atom. The van der Waals surface area contributed by atoms with Crippen LogP contribution < -0.4 is 5.32 Å². The molecule has 0 saturated heterocycles. The lowest BCUT2D eigenvalue weighted by atomic mass is 10.0. The quantitative estimate of drug-likeness (QED) is 0.448. The zero-order valence-electron chi connectivity index (χ0n) is 12.8. The van der Waals surface area contributed by atoms with Gasteiger partial charge in [0.15, 0.2) is 0 Å². The van der Waals surface area contributed by atoms with Gasteiger partial charge in [-0.1, -0.05) is 53.7 Å². The molecular weight excluding hydrogens is 302 g/mol. The van der Waals surface area contributed by atoms with E-state index in [2.05, 4.69) is 15.5 Å². The van der Waals surface area contributed by atoms with Crippen LogP contribution >= 0.6 is 0 Å². The van der Waals surface area contributed by atoms with Gasteiger partial charge in [0.2, 0.25) is 0 Å². The SMILES string of the molecule is O=C(Nc1ccccc1)ON=C(c1ccccc1)c1cccnc1. The van der Waals surface area contributed by atoms with Gasteiger partial charge in [-0.05, 0) is 24.3 Å². The van der Waals surface area contributed by atoms with Crippen molar-refractivity contribution < 1.29 is 9.63 Å². The van der Waals surface area contributed by atoms with Crippen molar-refractivity contribution in [2.45, 2.75) is 0 Å². The van der Waals surface area contributed by atoms with Gasteiger partial charge in [0.05, 0.1) is 0 Å². The first kappa shape index (κ1) is 15.4.